The number of hydrogen-bond donors (Lipinski definition) is 0. The highest BCUT2D eigenvalue weighted by Gasteiger charge is 2.25. The van der Waals surface area contributed by atoms with Gasteiger partial charge in [0.1, 0.15) is 6.33 Å². The quantitative estimate of drug-likeness (QED) is 0.184. The minimum absolute atomic E-state index is 0.628. The van der Waals surface area contributed by atoms with Crippen LogP contribution in [0.2, 0.25) is 0 Å². The van der Waals surface area contributed by atoms with E-state index in [0.29, 0.717) is 17.5 Å². The minimum atomic E-state index is 0.628. The number of thiophene rings is 2. The summed E-state index contributed by atoms with van der Waals surface area (Å²) in [4.78, 5) is 24.3. The number of aromatic nitrogens is 6. The maximum Gasteiger partial charge on any atom is 0.164 e. The van der Waals surface area contributed by atoms with Crippen molar-refractivity contribution in [2.75, 3.05) is 0 Å². The molecule has 5 aromatic heterocycles. The van der Waals surface area contributed by atoms with Crippen molar-refractivity contribution in [3.63, 3.8) is 0 Å². The van der Waals surface area contributed by atoms with Gasteiger partial charge in [0.2, 0.25) is 0 Å². The van der Waals surface area contributed by atoms with Gasteiger partial charge in [0.05, 0.1) is 25.9 Å². The molecule has 0 aliphatic heterocycles. The van der Waals surface area contributed by atoms with Gasteiger partial charge in [-0.1, -0.05) is 109 Å². The van der Waals surface area contributed by atoms with Crippen molar-refractivity contribution >= 4 is 85.0 Å². The lowest BCUT2D eigenvalue weighted by Gasteiger charge is -2.12. The molecule has 0 fully saturated rings. The molecule has 238 valence electrons. The Labute approximate surface area is 299 Å². The van der Waals surface area contributed by atoms with Crippen molar-refractivity contribution in [2.24, 2.45) is 0 Å². The van der Waals surface area contributed by atoms with Gasteiger partial charge in [0.25, 0.3) is 0 Å². The molecule has 0 unspecified atom stereocenters. The van der Waals surface area contributed by atoms with Gasteiger partial charge in [-0.3, -0.25) is 0 Å². The van der Waals surface area contributed by atoms with Crippen molar-refractivity contribution in [3.05, 3.63) is 146 Å². The molecule has 51 heavy (non-hydrogen) atoms. The van der Waals surface area contributed by atoms with Crippen molar-refractivity contribution in [1.82, 2.24) is 29.5 Å². The maximum absolute atomic E-state index is 5.05. The van der Waals surface area contributed by atoms with E-state index in [0.717, 1.165) is 38.1 Å². The fraction of sp³-hybridized carbons (Fsp3) is 0. The highest BCUT2D eigenvalue weighted by atomic mass is 32.1. The summed E-state index contributed by atoms with van der Waals surface area (Å²) in [5.41, 5.74) is 7.20. The number of hydrogen-bond acceptors (Lipinski definition) is 7. The number of nitrogens with zero attached hydrogens (tertiary/aromatic N) is 6. The van der Waals surface area contributed by atoms with E-state index in [1.165, 1.54) is 46.5 Å². The molecular weight excluding hydrogens is 665 g/mol. The first-order valence-electron chi connectivity index (χ1n) is 16.7. The largest absolute Gasteiger partial charge is 0.308 e. The van der Waals surface area contributed by atoms with Crippen LogP contribution in [0.15, 0.2) is 146 Å². The van der Waals surface area contributed by atoms with Gasteiger partial charge in [0, 0.05) is 64.9 Å². The molecule has 11 rings (SSSR count). The summed E-state index contributed by atoms with van der Waals surface area (Å²) in [6.45, 7) is 0. The lowest BCUT2D eigenvalue weighted by molar-refractivity contribution is 1.07. The van der Waals surface area contributed by atoms with E-state index in [1.54, 1.807) is 17.7 Å². The average molecular weight is 689 g/mol. The predicted octanol–water partition coefficient (Wildman–Crippen LogP) is 11.5. The molecule has 8 heteroatoms. The zero-order chi connectivity index (χ0) is 33.5. The Kier molecular flexibility index (Phi) is 6.19. The van der Waals surface area contributed by atoms with Crippen LogP contribution in [-0.2, 0) is 0 Å². The van der Waals surface area contributed by atoms with Crippen LogP contribution in [0.5, 0.6) is 0 Å². The van der Waals surface area contributed by atoms with Gasteiger partial charge < -0.3 is 4.57 Å². The van der Waals surface area contributed by atoms with E-state index < -0.39 is 0 Å². The molecule has 5 heterocycles. The topological polar surface area (TPSA) is 69.4 Å². The molecule has 0 bridgehead atoms. The van der Waals surface area contributed by atoms with E-state index in [2.05, 4.69) is 82.3 Å². The Morgan fingerprint density at radius 2 is 1.12 bits per heavy atom. The summed E-state index contributed by atoms with van der Waals surface area (Å²) < 4.78 is 7.26. The minimum Gasteiger partial charge on any atom is -0.308 e. The molecule has 0 aliphatic carbocycles. The predicted molar refractivity (Wildman–Crippen MR) is 212 cm³/mol. The van der Waals surface area contributed by atoms with Crippen LogP contribution in [-0.4, -0.2) is 29.5 Å². The third-order valence-electron chi connectivity index (χ3n) is 9.58. The van der Waals surface area contributed by atoms with Crippen molar-refractivity contribution in [1.29, 1.82) is 0 Å². The lowest BCUT2D eigenvalue weighted by Crippen LogP contribution is -2.01. The highest BCUT2D eigenvalue weighted by Crippen LogP contribution is 2.51. The van der Waals surface area contributed by atoms with Gasteiger partial charge >= 0.3 is 0 Å². The summed E-state index contributed by atoms with van der Waals surface area (Å²) in [6, 6.07) is 46.3. The monoisotopic (exact) mass is 688 g/mol. The lowest BCUT2D eigenvalue weighted by atomic mass is 10.0. The van der Waals surface area contributed by atoms with Gasteiger partial charge in [-0.15, -0.1) is 22.7 Å². The van der Waals surface area contributed by atoms with Gasteiger partial charge in [-0.2, -0.15) is 0 Å². The zero-order valence-electron chi connectivity index (χ0n) is 26.9. The van der Waals surface area contributed by atoms with Gasteiger partial charge in [-0.25, -0.2) is 24.9 Å². The molecule has 6 nitrogen and oxygen atoms in total. The molecule has 0 atom stereocenters. The van der Waals surface area contributed by atoms with Crippen LogP contribution in [0.3, 0.4) is 0 Å². The third kappa shape index (κ3) is 4.30. The highest BCUT2D eigenvalue weighted by molar-refractivity contribution is 7.29. The molecule has 0 saturated heterocycles. The van der Waals surface area contributed by atoms with Crippen LogP contribution in [0.4, 0.5) is 0 Å². The molecule has 6 aromatic carbocycles. The van der Waals surface area contributed by atoms with E-state index in [9.17, 15) is 0 Å². The van der Waals surface area contributed by atoms with Gasteiger partial charge in [0.15, 0.2) is 17.5 Å². The van der Waals surface area contributed by atoms with Crippen LogP contribution in [0.25, 0.3) is 102 Å². The fourth-order valence-corrected chi connectivity index (χ4v) is 9.84. The van der Waals surface area contributed by atoms with Crippen LogP contribution < -0.4 is 0 Å². The number of benzene rings is 6. The molecule has 0 spiro atoms. The standard InChI is InChI=1S/C43H24N6S2/c1-3-12-25(13-4-1)41-46-42(26-14-5-2-6-15-26)48-43(47-41)27-16-11-17-28(22-27)49-31-20-9-7-18-29(31)35-38(49)40-34(30-19-8-10-21-32(30)50-40)36-37-33(51-39(35)36)23-44-24-45-37/h1-24H. The Hall–Kier alpha value is -6.35. The SMILES string of the molecule is c1ccc(-c2nc(-c3ccccc3)nc(-c3cccc(-n4c5ccccc5c5c6sc7cncnc7c6c6c7ccccc7sc6c54)c3)n2)cc1. The fourth-order valence-electron chi connectivity index (χ4n) is 7.39. The summed E-state index contributed by atoms with van der Waals surface area (Å²) in [6.07, 6.45) is 3.62. The van der Waals surface area contributed by atoms with Crippen LogP contribution in [0.1, 0.15) is 0 Å². The van der Waals surface area contributed by atoms with Crippen LogP contribution >= 0.6 is 22.7 Å². The Bertz CT molecular complexity index is 3090. The van der Waals surface area contributed by atoms with E-state index >= 15 is 0 Å². The first-order valence-corrected chi connectivity index (χ1v) is 18.3. The van der Waals surface area contributed by atoms with Crippen LogP contribution in [0, 0.1) is 0 Å². The molecule has 0 saturated carbocycles. The summed E-state index contributed by atoms with van der Waals surface area (Å²) in [5.74, 6) is 1.91. The van der Waals surface area contributed by atoms with E-state index in [4.69, 9.17) is 19.9 Å². The van der Waals surface area contributed by atoms with E-state index in [1.807, 2.05) is 78.2 Å². The molecular formula is C43H24N6S2. The Morgan fingerprint density at radius 3 is 1.88 bits per heavy atom. The summed E-state index contributed by atoms with van der Waals surface area (Å²) in [5, 5.41) is 6.16. The van der Waals surface area contributed by atoms with Crippen molar-refractivity contribution in [2.45, 2.75) is 0 Å². The first kappa shape index (κ1) is 28.5. The number of fused-ring (bicyclic) bond motifs is 12. The first-order chi connectivity index (χ1) is 25.3. The maximum atomic E-state index is 5.05. The molecule has 0 amide bonds. The van der Waals surface area contributed by atoms with E-state index in [-0.39, 0.29) is 0 Å². The molecule has 0 aliphatic rings. The second-order valence-corrected chi connectivity index (χ2v) is 14.6. The molecule has 11 aromatic rings. The van der Waals surface area contributed by atoms with Crippen molar-refractivity contribution in [3.8, 4) is 39.9 Å². The smallest absolute Gasteiger partial charge is 0.164 e. The van der Waals surface area contributed by atoms with Gasteiger partial charge in [-0.05, 0) is 24.3 Å². The second kappa shape index (κ2) is 11.1. The third-order valence-corrected chi connectivity index (χ3v) is 11.9. The number of para-hydroxylation sites is 1. The summed E-state index contributed by atoms with van der Waals surface area (Å²) >= 11 is 3.63. The summed E-state index contributed by atoms with van der Waals surface area (Å²) in [7, 11) is 0. The molecule has 0 N–H and O–H groups in total. The number of rotatable bonds is 4. The van der Waals surface area contributed by atoms with Crippen molar-refractivity contribution < 1.29 is 0 Å². The normalized spacial score (nSPS) is 11.9. The second-order valence-electron chi connectivity index (χ2n) is 12.5. The zero-order valence-corrected chi connectivity index (χ0v) is 28.5. The average Bonchev–Trinajstić information content (AvgIpc) is 3.88. The Morgan fingerprint density at radius 1 is 0.490 bits per heavy atom. The molecule has 0 radical (unpaired) electrons. The Balaban J connectivity index is 1.23.